The van der Waals surface area contributed by atoms with E-state index in [9.17, 15) is 9.00 Å². The van der Waals surface area contributed by atoms with Gasteiger partial charge >= 0.3 is 5.97 Å². The highest BCUT2D eigenvalue weighted by atomic mass is 32.2. The van der Waals surface area contributed by atoms with Crippen molar-refractivity contribution in [1.29, 1.82) is 0 Å². The van der Waals surface area contributed by atoms with E-state index in [2.05, 4.69) is 13.2 Å². The average molecular weight is 324 g/mol. The first-order chi connectivity index (χ1) is 10.5. The molecule has 0 saturated heterocycles. The van der Waals surface area contributed by atoms with E-state index < -0.39 is 16.8 Å². The van der Waals surface area contributed by atoms with Gasteiger partial charge in [-0.1, -0.05) is 38.2 Å². The molecule has 1 unspecified atom stereocenters. The Bertz CT molecular complexity index is 483. The molecule has 1 rings (SSSR count). The molecule has 1 N–H and O–H groups in total. The molecular formula is C18H28O3S. The lowest BCUT2D eigenvalue weighted by molar-refractivity contribution is -0.136. The first-order valence-electron chi connectivity index (χ1n) is 7.35. The Kier molecular flexibility index (Phi) is 14.7. The fourth-order valence-electron chi connectivity index (χ4n) is 1.61. The molecule has 0 aromatic heterocycles. The first kappa shape index (κ1) is 22.6. The summed E-state index contributed by atoms with van der Waals surface area (Å²) in [7, 11) is -1.20. The number of hydrogen-bond acceptors (Lipinski definition) is 2. The van der Waals surface area contributed by atoms with Gasteiger partial charge in [0.15, 0.2) is 0 Å². The van der Waals surface area contributed by atoms with Crippen LogP contribution in [0.5, 0.6) is 0 Å². The van der Waals surface area contributed by atoms with Gasteiger partial charge in [-0.3, -0.25) is 9.00 Å². The fourth-order valence-corrected chi connectivity index (χ4v) is 2.72. The molecule has 22 heavy (non-hydrogen) atoms. The lowest BCUT2D eigenvalue weighted by atomic mass is 10.1. The largest absolute Gasteiger partial charge is 0.481 e. The van der Waals surface area contributed by atoms with E-state index in [1.54, 1.807) is 0 Å². The molecule has 0 bridgehead atoms. The Morgan fingerprint density at radius 2 is 1.95 bits per heavy atom. The molecule has 1 aliphatic rings. The zero-order valence-electron chi connectivity index (χ0n) is 14.1. The predicted molar refractivity (Wildman–Crippen MR) is 97.2 cm³/mol. The monoisotopic (exact) mass is 324 g/mol. The van der Waals surface area contributed by atoms with Gasteiger partial charge in [-0.25, -0.2) is 0 Å². The van der Waals surface area contributed by atoms with Crippen molar-refractivity contribution in [1.82, 2.24) is 0 Å². The molecule has 124 valence electrons. The second-order valence-corrected chi connectivity index (χ2v) is 5.66. The van der Waals surface area contributed by atoms with Crippen molar-refractivity contribution in [3.63, 3.8) is 0 Å². The lowest BCUT2D eigenvalue weighted by Crippen LogP contribution is -2.06. The Morgan fingerprint density at radius 3 is 2.45 bits per heavy atom. The normalized spacial score (nSPS) is 15.0. The van der Waals surface area contributed by atoms with Crippen molar-refractivity contribution < 1.29 is 14.1 Å². The minimum absolute atomic E-state index is 0.0575. The summed E-state index contributed by atoms with van der Waals surface area (Å²) in [5.74, 6) is -0.727. The third-order valence-electron chi connectivity index (χ3n) is 2.64. The minimum Gasteiger partial charge on any atom is -0.481 e. The summed E-state index contributed by atoms with van der Waals surface area (Å²) in [4.78, 5) is 11.2. The summed E-state index contributed by atoms with van der Waals surface area (Å²) in [5, 5.41) is 8.58. The van der Waals surface area contributed by atoms with Crippen LogP contribution < -0.4 is 0 Å². The maximum Gasteiger partial charge on any atom is 0.304 e. The van der Waals surface area contributed by atoms with E-state index in [1.807, 2.05) is 58.1 Å². The predicted octanol–water partition coefficient (Wildman–Crippen LogP) is 4.77. The highest BCUT2D eigenvalue weighted by Crippen LogP contribution is 2.21. The summed E-state index contributed by atoms with van der Waals surface area (Å²) >= 11 is 0. The molecule has 0 radical (unpaired) electrons. The first-order valence-corrected chi connectivity index (χ1v) is 8.67. The molecule has 4 heteroatoms. The van der Waals surface area contributed by atoms with E-state index in [4.69, 9.17) is 5.11 Å². The number of aliphatic carboxylic acids is 1. The molecule has 3 nitrogen and oxygen atoms in total. The third-order valence-corrected chi connectivity index (χ3v) is 4.10. The van der Waals surface area contributed by atoms with Crippen molar-refractivity contribution in [2.24, 2.45) is 0 Å². The van der Waals surface area contributed by atoms with Gasteiger partial charge < -0.3 is 5.11 Å². The van der Waals surface area contributed by atoms with Crippen LogP contribution in [0.25, 0.3) is 0 Å². The van der Waals surface area contributed by atoms with Crippen molar-refractivity contribution in [2.75, 3.05) is 5.75 Å². The van der Waals surface area contributed by atoms with Crippen LogP contribution in [-0.2, 0) is 15.6 Å². The van der Waals surface area contributed by atoms with Gasteiger partial charge in [-0.2, -0.15) is 0 Å². The summed E-state index contributed by atoms with van der Waals surface area (Å²) in [6.07, 6.45) is 10.4. The maximum absolute atomic E-state index is 11.9. The molecule has 0 aromatic rings. The number of carboxylic acid groups (broad SMARTS) is 1. The molecule has 0 amide bonds. The van der Waals surface area contributed by atoms with Gasteiger partial charge in [0, 0.05) is 21.5 Å². The van der Waals surface area contributed by atoms with Gasteiger partial charge in [0.1, 0.15) is 0 Å². The molecule has 0 heterocycles. The molecule has 1 aliphatic carbocycles. The van der Waals surface area contributed by atoms with Crippen LogP contribution in [0.3, 0.4) is 0 Å². The Hall–Kier alpha value is -1.68. The molecule has 0 spiro atoms. The Morgan fingerprint density at radius 1 is 1.36 bits per heavy atom. The van der Waals surface area contributed by atoms with E-state index in [1.165, 1.54) is 0 Å². The van der Waals surface area contributed by atoms with Crippen molar-refractivity contribution in [3.8, 4) is 0 Å². The van der Waals surface area contributed by atoms with Crippen LogP contribution in [0.15, 0.2) is 59.6 Å². The molecule has 0 saturated carbocycles. The van der Waals surface area contributed by atoms with E-state index >= 15 is 0 Å². The highest BCUT2D eigenvalue weighted by molar-refractivity contribution is 7.89. The standard InChI is InChI=1S/C14H18O3S.C2H6.C2H4/c1-3-4-12-6-8-13(7-5-11(12)2)18(17)10-9-14(15)16;2*1-2/h3-7H,8-10H2,1-2H3,(H,15,16);1-2H3;1-2H2/b4-3-;;. The molecule has 0 aliphatic heterocycles. The van der Waals surface area contributed by atoms with Gasteiger partial charge in [-0.15, -0.1) is 13.2 Å². The number of carboxylic acids is 1. The molecular weight excluding hydrogens is 296 g/mol. The van der Waals surface area contributed by atoms with Crippen LogP contribution in [-0.4, -0.2) is 21.0 Å². The van der Waals surface area contributed by atoms with Crippen molar-refractivity contribution >= 4 is 16.8 Å². The van der Waals surface area contributed by atoms with Crippen molar-refractivity contribution in [3.05, 3.63) is 59.6 Å². The zero-order valence-corrected chi connectivity index (χ0v) is 14.9. The van der Waals surface area contributed by atoms with Gasteiger partial charge in [0.25, 0.3) is 0 Å². The zero-order chi connectivity index (χ0) is 17.5. The quantitative estimate of drug-likeness (QED) is 0.741. The van der Waals surface area contributed by atoms with Crippen LogP contribution in [0, 0.1) is 0 Å². The number of rotatable bonds is 5. The summed E-state index contributed by atoms with van der Waals surface area (Å²) in [6, 6.07) is 0. The molecule has 0 fully saturated rings. The maximum atomic E-state index is 11.9. The van der Waals surface area contributed by atoms with Crippen molar-refractivity contribution in [2.45, 2.75) is 40.5 Å². The number of allylic oxidation sites excluding steroid dienone is 8. The highest BCUT2D eigenvalue weighted by Gasteiger charge is 2.10. The minimum atomic E-state index is -1.20. The Labute approximate surface area is 137 Å². The van der Waals surface area contributed by atoms with Gasteiger partial charge in [0.2, 0.25) is 0 Å². The molecule has 1 atom stereocenters. The fraction of sp³-hybridized carbons (Fsp3) is 0.389. The van der Waals surface area contributed by atoms with Gasteiger partial charge in [-0.05, 0) is 37.5 Å². The summed E-state index contributed by atoms with van der Waals surface area (Å²) < 4.78 is 11.9. The topological polar surface area (TPSA) is 54.4 Å². The van der Waals surface area contributed by atoms with Crippen LogP contribution >= 0.6 is 0 Å². The van der Waals surface area contributed by atoms with E-state index in [0.717, 1.165) is 16.1 Å². The van der Waals surface area contributed by atoms with Crippen LogP contribution in [0.1, 0.15) is 40.5 Å². The van der Waals surface area contributed by atoms with Crippen LogP contribution in [0.4, 0.5) is 0 Å². The average Bonchev–Trinajstić information content (AvgIpc) is 2.72. The van der Waals surface area contributed by atoms with E-state index in [-0.39, 0.29) is 12.2 Å². The summed E-state index contributed by atoms with van der Waals surface area (Å²) in [5.41, 5.74) is 2.25. The second-order valence-electron chi connectivity index (χ2n) is 4.04. The number of hydrogen-bond donors (Lipinski definition) is 1. The third kappa shape index (κ3) is 9.29. The van der Waals surface area contributed by atoms with Gasteiger partial charge in [0.05, 0.1) is 6.42 Å². The second kappa shape index (κ2) is 14.3. The Balaban J connectivity index is 0. The SMILES string of the molecule is C/C=C\C1=CCC(S(=O)CCC(=O)O)=CC=C1C.C=C.CC. The summed E-state index contributed by atoms with van der Waals surface area (Å²) in [6.45, 7) is 14.0. The smallest absolute Gasteiger partial charge is 0.304 e. The van der Waals surface area contributed by atoms with E-state index in [0.29, 0.717) is 6.42 Å². The molecule has 0 aromatic carbocycles. The van der Waals surface area contributed by atoms with Crippen LogP contribution in [0.2, 0.25) is 0 Å². The lowest BCUT2D eigenvalue weighted by Gasteiger charge is -2.02. The number of carbonyl (C=O) groups is 1.